The van der Waals surface area contributed by atoms with Gasteiger partial charge in [0.05, 0.1) is 5.02 Å². The van der Waals surface area contributed by atoms with Gasteiger partial charge in [0.1, 0.15) is 11.3 Å². The molecule has 1 aromatic heterocycles. The van der Waals surface area contributed by atoms with Crippen molar-refractivity contribution in [3.8, 4) is 0 Å². The normalized spacial score (nSPS) is 11.7. The molecule has 0 saturated carbocycles. The van der Waals surface area contributed by atoms with E-state index in [1.807, 2.05) is 0 Å². The summed E-state index contributed by atoms with van der Waals surface area (Å²) in [5.74, 6) is -0.573. The monoisotopic (exact) mass is 373 g/mol. The molecule has 2 aromatic carbocycles. The maximum Gasteiger partial charge on any atom is 0.195 e. The van der Waals surface area contributed by atoms with Crippen molar-refractivity contribution in [2.24, 2.45) is 0 Å². The number of carbonyl (C=O) groups excluding carboxylic acids is 1. The topological polar surface area (TPSA) is 30.0 Å². The van der Waals surface area contributed by atoms with E-state index in [9.17, 15) is 9.18 Å². The molecule has 0 atom stereocenters. The molecule has 0 spiro atoms. The van der Waals surface area contributed by atoms with Gasteiger partial charge in [-0.1, -0.05) is 50.6 Å². The molecule has 0 unspecified atom stereocenters. The lowest BCUT2D eigenvalue weighted by molar-refractivity contribution is 0.103. The predicted molar refractivity (Wildman–Crippen MR) is 102 cm³/mol. The maximum atomic E-state index is 13.8. The molecular weight excluding hydrogens is 357 g/mol. The Morgan fingerprint density at radius 2 is 1.88 bits per heavy atom. The second-order valence-corrected chi connectivity index (χ2v) is 8.94. The number of rotatable bonds is 3. The summed E-state index contributed by atoms with van der Waals surface area (Å²) in [5.41, 5.74) is 1.20. The van der Waals surface area contributed by atoms with Crippen LogP contribution in [0.1, 0.15) is 36.7 Å². The minimum atomic E-state index is -0.400. The Kier molecular flexibility index (Phi) is 4.85. The molecule has 0 radical (unpaired) electrons. The average molecular weight is 374 g/mol. The van der Waals surface area contributed by atoms with Gasteiger partial charge in [0.2, 0.25) is 0 Å². The van der Waals surface area contributed by atoms with E-state index in [1.165, 1.54) is 12.3 Å². The highest BCUT2D eigenvalue weighted by atomic mass is 35.5. The molecule has 0 N–H and O–H groups in total. The Bertz CT molecular complexity index is 966. The van der Waals surface area contributed by atoms with Crippen molar-refractivity contribution in [1.82, 2.24) is 4.98 Å². The second kappa shape index (κ2) is 6.77. The fourth-order valence-corrected chi connectivity index (χ4v) is 3.84. The van der Waals surface area contributed by atoms with E-state index in [0.29, 0.717) is 21.5 Å². The van der Waals surface area contributed by atoms with Crippen molar-refractivity contribution in [2.75, 3.05) is 0 Å². The number of fused-ring (bicyclic) bond motifs is 1. The Morgan fingerprint density at radius 3 is 2.60 bits per heavy atom. The van der Waals surface area contributed by atoms with Crippen LogP contribution < -0.4 is 0 Å². The first-order chi connectivity index (χ1) is 11.8. The molecule has 0 bridgehead atoms. The van der Waals surface area contributed by atoms with Gasteiger partial charge in [0, 0.05) is 32.4 Å². The molecule has 128 valence electrons. The zero-order valence-electron chi connectivity index (χ0n) is 14.1. The number of benzene rings is 2. The van der Waals surface area contributed by atoms with Crippen molar-refractivity contribution >= 4 is 40.0 Å². The minimum Gasteiger partial charge on any atom is -0.289 e. The number of halogens is 2. The van der Waals surface area contributed by atoms with Gasteiger partial charge in [0.25, 0.3) is 0 Å². The van der Waals surface area contributed by atoms with Crippen molar-refractivity contribution in [3.63, 3.8) is 0 Å². The van der Waals surface area contributed by atoms with Gasteiger partial charge in [-0.2, -0.15) is 0 Å². The van der Waals surface area contributed by atoms with Crippen molar-refractivity contribution in [3.05, 3.63) is 70.6 Å². The maximum absolute atomic E-state index is 13.8. The van der Waals surface area contributed by atoms with E-state index in [0.717, 1.165) is 4.90 Å². The molecule has 25 heavy (non-hydrogen) atoms. The Labute approximate surface area is 155 Å². The summed E-state index contributed by atoms with van der Waals surface area (Å²) < 4.78 is 13.7. The van der Waals surface area contributed by atoms with E-state index < -0.39 is 5.82 Å². The average Bonchev–Trinajstić information content (AvgIpc) is 2.55. The number of thioether (sulfide) groups is 1. The van der Waals surface area contributed by atoms with E-state index in [2.05, 4.69) is 25.8 Å². The number of hydrogen-bond donors (Lipinski definition) is 0. The number of nitrogens with zero attached hydrogens (tertiary/aromatic N) is 1. The zero-order valence-corrected chi connectivity index (χ0v) is 15.7. The van der Waals surface area contributed by atoms with E-state index in [-0.39, 0.29) is 16.0 Å². The van der Waals surface area contributed by atoms with E-state index >= 15 is 0 Å². The summed E-state index contributed by atoms with van der Waals surface area (Å²) in [5, 5.41) is 1.14. The standard InChI is InChI=1S/C20H17ClFNOS/c1-20(2,3)25-19-14(7-5-8-15(19)21)18(24)13-10-12-6-4-9-16(22)17(12)23-11-13/h4-11H,1-3H3. The fourth-order valence-electron chi connectivity index (χ4n) is 2.50. The van der Waals surface area contributed by atoms with Crippen LogP contribution in [0.15, 0.2) is 53.6 Å². The molecule has 3 aromatic rings. The number of aromatic nitrogens is 1. The highest BCUT2D eigenvalue weighted by Gasteiger charge is 2.22. The predicted octanol–water partition coefficient (Wildman–Crippen LogP) is 6.15. The van der Waals surface area contributed by atoms with Crippen molar-refractivity contribution in [1.29, 1.82) is 0 Å². The highest BCUT2D eigenvalue weighted by Crippen LogP contribution is 2.39. The number of ketones is 1. The number of para-hydroxylation sites is 1. The summed E-state index contributed by atoms with van der Waals surface area (Å²) in [7, 11) is 0. The lowest BCUT2D eigenvalue weighted by Crippen LogP contribution is -2.10. The third kappa shape index (κ3) is 3.86. The Hall–Kier alpha value is -1.91. The highest BCUT2D eigenvalue weighted by molar-refractivity contribution is 8.00. The Morgan fingerprint density at radius 1 is 1.16 bits per heavy atom. The largest absolute Gasteiger partial charge is 0.289 e. The van der Waals surface area contributed by atoms with Crippen molar-refractivity contribution < 1.29 is 9.18 Å². The smallest absolute Gasteiger partial charge is 0.195 e. The first kappa shape index (κ1) is 17.9. The van der Waals surface area contributed by atoms with Gasteiger partial charge < -0.3 is 0 Å². The fraction of sp³-hybridized carbons (Fsp3) is 0.200. The van der Waals surface area contributed by atoms with Gasteiger partial charge in [-0.25, -0.2) is 4.39 Å². The van der Waals surface area contributed by atoms with Crippen LogP contribution in [0.3, 0.4) is 0 Å². The molecule has 3 rings (SSSR count). The summed E-state index contributed by atoms with van der Waals surface area (Å²) in [6.07, 6.45) is 1.42. The second-order valence-electron chi connectivity index (χ2n) is 6.70. The minimum absolute atomic E-state index is 0.0925. The summed E-state index contributed by atoms with van der Waals surface area (Å²) >= 11 is 7.89. The van der Waals surface area contributed by atoms with Crippen LogP contribution in [0.4, 0.5) is 4.39 Å². The molecule has 2 nitrogen and oxygen atoms in total. The molecule has 0 aliphatic heterocycles. The molecule has 0 aliphatic rings. The van der Waals surface area contributed by atoms with Crippen LogP contribution in [0.25, 0.3) is 10.9 Å². The van der Waals surface area contributed by atoms with E-state index in [1.54, 1.807) is 48.2 Å². The van der Waals surface area contributed by atoms with Crippen LogP contribution in [0, 0.1) is 5.82 Å². The lowest BCUT2D eigenvalue weighted by atomic mass is 10.0. The third-order valence-electron chi connectivity index (χ3n) is 3.54. The molecule has 0 aliphatic carbocycles. The van der Waals surface area contributed by atoms with Gasteiger partial charge in [-0.05, 0) is 24.3 Å². The van der Waals surface area contributed by atoms with E-state index in [4.69, 9.17) is 11.6 Å². The molecule has 0 amide bonds. The van der Waals surface area contributed by atoms with Gasteiger partial charge in [0.15, 0.2) is 5.78 Å². The van der Waals surface area contributed by atoms with Crippen LogP contribution in [0.5, 0.6) is 0 Å². The Balaban J connectivity index is 2.08. The molecular formula is C20H17ClFNOS. The molecule has 0 saturated heterocycles. The quantitative estimate of drug-likeness (QED) is 0.407. The van der Waals surface area contributed by atoms with Gasteiger partial charge in [-0.3, -0.25) is 9.78 Å². The summed E-state index contributed by atoms with van der Waals surface area (Å²) in [4.78, 5) is 17.9. The summed E-state index contributed by atoms with van der Waals surface area (Å²) in [6.45, 7) is 6.20. The number of pyridine rings is 1. The first-order valence-electron chi connectivity index (χ1n) is 7.83. The molecule has 1 heterocycles. The van der Waals surface area contributed by atoms with Gasteiger partial charge in [-0.15, -0.1) is 11.8 Å². The SMILES string of the molecule is CC(C)(C)Sc1c(Cl)cccc1C(=O)c1cnc2c(F)cccc2c1. The zero-order chi connectivity index (χ0) is 18.2. The van der Waals surface area contributed by atoms with Crippen LogP contribution >= 0.6 is 23.4 Å². The van der Waals surface area contributed by atoms with Gasteiger partial charge >= 0.3 is 0 Å². The van der Waals surface area contributed by atoms with Crippen LogP contribution in [-0.4, -0.2) is 15.5 Å². The van der Waals surface area contributed by atoms with Crippen molar-refractivity contribution in [2.45, 2.75) is 30.4 Å². The first-order valence-corrected chi connectivity index (χ1v) is 9.02. The van der Waals surface area contributed by atoms with Crippen LogP contribution in [-0.2, 0) is 0 Å². The third-order valence-corrected chi connectivity index (χ3v) is 5.23. The lowest BCUT2D eigenvalue weighted by Gasteiger charge is -2.20. The number of hydrogen-bond acceptors (Lipinski definition) is 3. The van der Waals surface area contributed by atoms with Crippen LogP contribution in [0.2, 0.25) is 5.02 Å². The molecule has 5 heteroatoms. The molecule has 0 fully saturated rings. The summed E-state index contributed by atoms with van der Waals surface area (Å²) in [6, 6.07) is 11.7. The number of carbonyl (C=O) groups is 1.